The number of aryl methyl sites for hydroxylation is 1. The molecule has 3 aromatic rings. The molecule has 1 heterocycles. The van der Waals surface area contributed by atoms with Crippen LogP contribution in [0, 0.1) is 6.92 Å². The highest BCUT2D eigenvalue weighted by atomic mass is 16.5. The molecule has 0 fully saturated rings. The number of esters is 1. The molecule has 0 saturated heterocycles. The number of anilines is 1. The number of nitrogens with one attached hydrogen (secondary N) is 1. The zero-order valence-corrected chi connectivity index (χ0v) is 19.7. The SMILES string of the molecule is CC.CC(=O)Oc1ccc(C(=O)Nc2cc3ccc(O)c(C)c3oc2=O)cc1CC=C(C)C. The van der Waals surface area contributed by atoms with E-state index in [-0.39, 0.29) is 17.0 Å². The Kier molecular flexibility index (Phi) is 8.56. The lowest BCUT2D eigenvalue weighted by Gasteiger charge is -2.11. The van der Waals surface area contributed by atoms with Crippen molar-refractivity contribution in [2.45, 2.75) is 48.0 Å². The van der Waals surface area contributed by atoms with Gasteiger partial charge in [0, 0.05) is 23.4 Å². The minimum Gasteiger partial charge on any atom is -0.508 e. The molecule has 0 radical (unpaired) electrons. The predicted octanol–water partition coefficient (Wildman–Crippen LogP) is 5.52. The summed E-state index contributed by atoms with van der Waals surface area (Å²) >= 11 is 0. The van der Waals surface area contributed by atoms with Gasteiger partial charge in [-0.3, -0.25) is 9.59 Å². The lowest BCUT2D eigenvalue weighted by atomic mass is 10.0. The van der Waals surface area contributed by atoms with Gasteiger partial charge < -0.3 is 19.6 Å². The normalized spacial score (nSPS) is 10.1. The van der Waals surface area contributed by atoms with Crippen molar-refractivity contribution in [3.63, 3.8) is 0 Å². The zero-order chi connectivity index (χ0) is 24.7. The third-order valence-electron chi connectivity index (χ3n) is 4.68. The maximum atomic E-state index is 12.8. The van der Waals surface area contributed by atoms with Crippen molar-refractivity contribution in [1.29, 1.82) is 0 Å². The van der Waals surface area contributed by atoms with Crippen LogP contribution < -0.4 is 15.7 Å². The van der Waals surface area contributed by atoms with Gasteiger partial charge in [-0.15, -0.1) is 0 Å². The Morgan fingerprint density at radius 1 is 1.09 bits per heavy atom. The van der Waals surface area contributed by atoms with Gasteiger partial charge in [-0.2, -0.15) is 0 Å². The molecule has 7 heteroatoms. The molecular weight excluding hydrogens is 422 g/mol. The molecule has 174 valence electrons. The summed E-state index contributed by atoms with van der Waals surface area (Å²) in [5, 5.41) is 12.9. The number of carbonyl (C=O) groups excluding carboxylic acids is 2. The molecular formula is C26H29NO6. The molecule has 0 spiro atoms. The van der Waals surface area contributed by atoms with Crippen LogP contribution in [0.4, 0.5) is 5.69 Å². The summed E-state index contributed by atoms with van der Waals surface area (Å²) in [4.78, 5) is 36.5. The highest BCUT2D eigenvalue weighted by Crippen LogP contribution is 2.27. The Bertz CT molecular complexity index is 1270. The number of rotatable bonds is 5. The number of amides is 1. The van der Waals surface area contributed by atoms with E-state index >= 15 is 0 Å². The van der Waals surface area contributed by atoms with Gasteiger partial charge in [-0.25, -0.2) is 4.79 Å². The fraction of sp³-hybridized carbons (Fsp3) is 0.269. The number of ether oxygens (including phenoxy) is 1. The summed E-state index contributed by atoms with van der Waals surface area (Å²) in [6.07, 6.45) is 2.44. The van der Waals surface area contributed by atoms with E-state index in [0.717, 1.165) is 5.57 Å². The Morgan fingerprint density at radius 2 is 1.79 bits per heavy atom. The zero-order valence-electron chi connectivity index (χ0n) is 19.7. The Balaban J connectivity index is 0.00000187. The third kappa shape index (κ3) is 6.32. The van der Waals surface area contributed by atoms with Crippen LogP contribution in [0.3, 0.4) is 0 Å². The highest BCUT2D eigenvalue weighted by Gasteiger charge is 2.15. The first-order chi connectivity index (χ1) is 15.7. The summed E-state index contributed by atoms with van der Waals surface area (Å²) in [7, 11) is 0. The fourth-order valence-electron chi connectivity index (χ4n) is 3.04. The van der Waals surface area contributed by atoms with E-state index in [2.05, 4.69) is 5.32 Å². The summed E-state index contributed by atoms with van der Waals surface area (Å²) < 4.78 is 10.5. The molecule has 1 amide bonds. The van der Waals surface area contributed by atoms with E-state index in [0.29, 0.717) is 34.2 Å². The molecule has 0 saturated carbocycles. The minimum absolute atomic E-state index is 0.0162. The van der Waals surface area contributed by atoms with Crippen LogP contribution >= 0.6 is 0 Å². The van der Waals surface area contributed by atoms with Crippen LogP contribution in [0.15, 0.2) is 57.3 Å². The van der Waals surface area contributed by atoms with E-state index in [1.807, 2.05) is 33.8 Å². The van der Waals surface area contributed by atoms with E-state index in [9.17, 15) is 19.5 Å². The first-order valence-corrected chi connectivity index (χ1v) is 10.7. The summed E-state index contributed by atoms with van der Waals surface area (Å²) in [6.45, 7) is 10.8. The molecule has 33 heavy (non-hydrogen) atoms. The number of fused-ring (bicyclic) bond motifs is 1. The van der Waals surface area contributed by atoms with Crippen molar-refractivity contribution in [2.75, 3.05) is 5.32 Å². The van der Waals surface area contributed by atoms with E-state index in [1.165, 1.54) is 25.1 Å². The second-order valence-corrected chi connectivity index (χ2v) is 7.43. The van der Waals surface area contributed by atoms with Crippen molar-refractivity contribution in [1.82, 2.24) is 0 Å². The van der Waals surface area contributed by atoms with Gasteiger partial charge in [0.05, 0.1) is 0 Å². The lowest BCUT2D eigenvalue weighted by Crippen LogP contribution is -2.18. The van der Waals surface area contributed by atoms with E-state index < -0.39 is 17.5 Å². The number of aromatic hydroxyl groups is 1. The molecule has 7 nitrogen and oxygen atoms in total. The average molecular weight is 452 g/mol. The maximum absolute atomic E-state index is 12.8. The van der Waals surface area contributed by atoms with Crippen LogP contribution in [-0.4, -0.2) is 17.0 Å². The molecule has 0 unspecified atom stereocenters. The molecule has 3 rings (SSSR count). The standard InChI is InChI=1S/C24H23NO6.C2H6/c1-13(2)5-6-16-11-18(8-10-21(16)30-15(4)26)23(28)25-19-12-17-7-9-20(27)14(3)22(17)31-24(19)29;1-2/h5,7-12,27H,6H2,1-4H3,(H,25,28);1-2H3. The average Bonchev–Trinajstić information content (AvgIpc) is 2.77. The van der Waals surface area contributed by atoms with Gasteiger partial charge in [-0.1, -0.05) is 25.5 Å². The number of phenolic OH excluding ortho intramolecular Hbond substituents is 1. The molecule has 2 N–H and O–H groups in total. The Labute approximate surface area is 192 Å². The lowest BCUT2D eigenvalue weighted by molar-refractivity contribution is -0.131. The quantitative estimate of drug-likeness (QED) is 0.229. The van der Waals surface area contributed by atoms with Gasteiger partial charge in [0.15, 0.2) is 0 Å². The first kappa shape index (κ1) is 25.4. The van der Waals surface area contributed by atoms with Crippen molar-refractivity contribution in [2.24, 2.45) is 0 Å². The number of benzene rings is 2. The van der Waals surface area contributed by atoms with Crippen LogP contribution in [0.25, 0.3) is 11.0 Å². The van der Waals surface area contributed by atoms with Crippen molar-refractivity contribution in [3.8, 4) is 11.5 Å². The Hall–Kier alpha value is -3.87. The number of carbonyl (C=O) groups is 2. The molecule has 1 aromatic heterocycles. The van der Waals surface area contributed by atoms with Gasteiger partial charge in [0.2, 0.25) is 0 Å². The molecule has 0 atom stereocenters. The van der Waals surface area contributed by atoms with Crippen LogP contribution in [0.5, 0.6) is 11.5 Å². The fourth-order valence-corrected chi connectivity index (χ4v) is 3.04. The minimum atomic E-state index is -0.726. The third-order valence-corrected chi connectivity index (χ3v) is 4.68. The second kappa shape index (κ2) is 11.1. The smallest absolute Gasteiger partial charge is 0.360 e. The number of allylic oxidation sites excluding steroid dienone is 2. The van der Waals surface area contributed by atoms with Crippen LogP contribution in [-0.2, 0) is 11.2 Å². The molecule has 2 aromatic carbocycles. The topological polar surface area (TPSA) is 106 Å². The Morgan fingerprint density at radius 3 is 2.42 bits per heavy atom. The second-order valence-electron chi connectivity index (χ2n) is 7.43. The highest BCUT2D eigenvalue weighted by molar-refractivity contribution is 6.05. The number of hydrogen-bond acceptors (Lipinski definition) is 6. The van der Waals surface area contributed by atoms with E-state index in [4.69, 9.17) is 9.15 Å². The summed E-state index contributed by atoms with van der Waals surface area (Å²) in [5.41, 5.74) is 2.01. The van der Waals surface area contributed by atoms with Crippen molar-refractivity contribution >= 4 is 28.5 Å². The summed E-state index contributed by atoms with van der Waals surface area (Å²) in [5.74, 6) is -0.563. The summed E-state index contributed by atoms with van der Waals surface area (Å²) in [6, 6.07) is 9.29. The monoisotopic (exact) mass is 451 g/mol. The van der Waals surface area contributed by atoms with Gasteiger partial charge in [0.25, 0.3) is 5.91 Å². The van der Waals surface area contributed by atoms with Crippen molar-refractivity contribution < 1.29 is 23.8 Å². The first-order valence-electron chi connectivity index (χ1n) is 10.7. The number of hydrogen-bond donors (Lipinski definition) is 2. The van der Waals surface area contributed by atoms with Gasteiger partial charge in [0.1, 0.15) is 22.8 Å². The van der Waals surface area contributed by atoms with Gasteiger partial charge in [-0.05, 0) is 69.2 Å². The van der Waals surface area contributed by atoms with Gasteiger partial charge >= 0.3 is 11.6 Å². The molecule has 0 bridgehead atoms. The van der Waals surface area contributed by atoms with Crippen molar-refractivity contribution in [3.05, 3.63) is 75.2 Å². The maximum Gasteiger partial charge on any atom is 0.360 e. The molecule has 0 aliphatic carbocycles. The largest absolute Gasteiger partial charge is 0.508 e. The van der Waals surface area contributed by atoms with Crippen LogP contribution in [0.1, 0.15) is 56.1 Å². The number of phenols is 1. The molecule has 0 aliphatic heterocycles. The van der Waals surface area contributed by atoms with E-state index in [1.54, 1.807) is 25.1 Å². The predicted molar refractivity (Wildman–Crippen MR) is 129 cm³/mol. The van der Waals surface area contributed by atoms with Crippen LogP contribution in [0.2, 0.25) is 0 Å². The molecule has 0 aliphatic rings.